The standard InChI is InChI=1S/C11H9ClFNS/c12-10-5-8(13)1-2-9(10)11(14)7-3-4-15-6-7/h1-6,11H,14H2. The number of nitrogens with two attached hydrogens (primary N) is 1. The molecular weight excluding hydrogens is 233 g/mol. The van der Waals surface area contributed by atoms with Gasteiger partial charge in [0, 0.05) is 5.02 Å². The zero-order valence-electron chi connectivity index (χ0n) is 7.78. The largest absolute Gasteiger partial charge is 0.320 e. The van der Waals surface area contributed by atoms with E-state index in [2.05, 4.69) is 0 Å². The van der Waals surface area contributed by atoms with Crippen molar-refractivity contribution in [1.82, 2.24) is 0 Å². The predicted octanol–water partition coefficient (Wildman–Crippen LogP) is 3.59. The monoisotopic (exact) mass is 241 g/mol. The van der Waals surface area contributed by atoms with Crippen LogP contribution in [0.15, 0.2) is 35.0 Å². The first-order valence-electron chi connectivity index (χ1n) is 4.41. The third kappa shape index (κ3) is 2.20. The molecule has 0 saturated carbocycles. The number of rotatable bonds is 2. The fourth-order valence-corrected chi connectivity index (χ4v) is 2.37. The van der Waals surface area contributed by atoms with Gasteiger partial charge in [0.2, 0.25) is 0 Å². The van der Waals surface area contributed by atoms with Gasteiger partial charge in [0.1, 0.15) is 5.82 Å². The molecule has 0 amide bonds. The average molecular weight is 242 g/mol. The third-order valence-electron chi connectivity index (χ3n) is 2.20. The third-order valence-corrected chi connectivity index (χ3v) is 3.23. The van der Waals surface area contributed by atoms with Gasteiger partial charge in [-0.3, -0.25) is 0 Å². The topological polar surface area (TPSA) is 26.0 Å². The predicted molar refractivity (Wildman–Crippen MR) is 61.8 cm³/mol. The Kier molecular flexibility index (Phi) is 3.05. The van der Waals surface area contributed by atoms with Gasteiger partial charge in [-0.25, -0.2) is 4.39 Å². The summed E-state index contributed by atoms with van der Waals surface area (Å²) in [6.07, 6.45) is 0. The zero-order valence-corrected chi connectivity index (χ0v) is 9.36. The molecule has 1 heterocycles. The molecule has 0 radical (unpaired) electrons. The Bertz CT molecular complexity index is 456. The highest BCUT2D eigenvalue weighted by Crippen LogP contribution is 2.28. The molecule has 0 saturated heterocycles. The Labute approximate surface area is 96.3 Å². The second-order valence-corrected chi connectivity index (χ2v) is 4.39. The Hall–Kier alpha value is -0.900. The fourth-order valence-electron chi connectivity index (χ4n) is 1.39. The molecule has 1 unspecified atom stereocenters. The first-order chi connectivity index (χ1) is 7.18. The van der Waals surface area contributed by atoms with E-state index in [4.69, 9.17) is 17.3 Å². The van der Waals surface area contributed by atoms with Crippen molar-refractivity contribution in [2.75, 3.05) is 0 Å². The molecule has 2 aromatic rings. The summed E-state index contributed by atoms with van der Waals surface area (Å²) >= 11 is 7.50. The smallest absolute Gasteiger partial charge is 0.124 e. The first-order valence-corrected chi connectivity index (χ1v) is 5.73. The van der Waals surface area contributed by atoms with Crippen LogP contribution in [0.2, 0.25) is 5.02 Å². The molecule has 1 atom stereocenters. The normalized spacial score (nSPS) is 12.7. The van der Waals surface area contributed by atoms with Crippen molar-refractivity contribution in [2.24, 2.45) is 5.73 Å². The molecule has 0 spiro atoms. The lowest BCUT2D eigenvalue weighted by molar-refractivity contribution is 0.626. The highest BCUT2D eigenvalue weighted by molar-refractivity contribution is 7.08. The van der Waals surface area contributed by atoms with Crippen LogP contribution in [-0.2, 0) is 0 Å². The number of thiophene rings is 1. The second-order valence-electron chi connectivity index (χ2n) is 3.20. The molecular formula is C11H9ClFNS. The molecule has 2 rings (SSSR count). The summed E-state index contributed by atoms with van der Waals surface area (Å²) < 4.78 is 12.8. The maximum Gasteiger partial charge on any atom is 0.124 e. The highest BCUT2D eigenvalue weighted by atomic mass is 35.5. The maximum atomic E-state index is 12.8. The summed E-state index contributed by atoms with van der Waals surface area (Å²) in [5.41, 5.74) is 7.75. The fraction of sp³-hybridized carbons (Fsp3) is 0.0909. The summed E-state index contributed by atoms with van der Waals surface area (Å²) in [7, 11) is 0. The molecule has 0 aliphatic rings. The summed E-state index contributed by atoms with van der Waals surface area (Å²) in [5, 5.41) is 4.28. The van der Waals surface area contributed by atoms with Crippen molar-refractivity contribution in [3.63, 3.8) is 0 Å². The molecule has 0 bridgehead atoms. The second kappa shape index (κ2) is 4.31. The van der Waals surface area contributed by atoms with Crippen LogP contribution in [0, 0.1) is 5.82 Å². The highest BCUT2D eigenvalue weighted by Gasteiger charge is 2.13. The van der Waals surface area contributed by atoms with Gasteiger partial charge >= 0.3 is 0 Å². The van der Waals surface area contributed by atoms with Crippen LogP contribution in [0.3, 0.4) is 0 Å². The van der Waals surface area contributed by atoms with Gasteiger partial charge in [0.05, 0.1) is 6.04 Å². The Morgan fingerprint density at radius 3 is 2.73 bits per heavy atom. The number of hydrogen-bond acceptors (Lipinski definition) is 2. The first kappa shape index (κ1) is 10.6. The van der Waals surface area contributed by atoms with Gasteiger partial charge in [-0.05, 0) is 40.1 Å². The maximum absolute atomic E-state index is 12.8. The van der Waals surface area contributed by atoms with E-state index in [-0.39, 0.29) is 11.9 Å². The van der Waals surface area contributed by atoms with Crippen LogP contribution in [0.4, 0.5) is 4.39 Å². The quantitative estimate of drug-likeness (QED) is 0.855. The Balaban J connectivity index is 2.38. The summed E-state index contributed by atoms with van der Waals surface area (Å²) in [5.74, 6) is -0.346. The minimum atomic E-state index is -0.346. The van der Waals surface area contributed by atoms with Crippen LogP contribution >= 0.6 is 22.9 Å². The molecule has 1 aromatic carbocycles. The molecule has 1 nitrogen and oxygen atoms in total. The Morgan fingerprint density at radius 2 is 2.13 bits per heavy atom. The van der Waals surface area contributed by atoms with Crippen LogP contribution < -0.4 is 5.73 Å². The molecule has 0 aliphatic carbocycles. The summed E-state index contributed by atoms with van der Waals surface area (Å²) in [6, 6.07) is 5.93. The van der Waals surface area contributed by atoms with Crippen molar-refractivity contribution < 1.29 is 4.39 Å². The van der Waals surface area contributed by atoms with Crippen molar-refractivity contribution in [3.8, 4) is 0 Å². The lowest BCUT2D eigenvalue weighted by Crippen LogP contribution is -2.11. The summed E-state index contributed by atoms with van der Waals surface area (Å²) in [4.78, 5) is 0. The molecule has 0 fully saturated rings. The molecule has 15 heavy (non-hydrogen) atoms. The minimum Gasteiger partial charge on any atom is -0.320 e. The van der Waals surface area contributed by atoms with Crippen LogP contribution in [0.1, 0.15) is 17.2 Å². The Morgan fingerprint density at radius 1 is 1.33 bits per heavy atom. The van der Waals surface area contributed by atoms with Crippen molar-refractivity contribution in [2.45, 2.75) is 6.04 Å². The number of halogens is 2. The van der Waals surface area contributed by atoms with E-state index < -0.39 is 0 Å². The van der Waals surface area contributed by atoms with Gasteiger partial charge < -0.3 is 5.73 Å². The van der Waals surface area contributed by atoms with E-state index >= 15 is 0 Å². The lowest BCUT2D eigenvalue weighted by Gasteiger charge is -2.12. The molecule has 78 valence electrons. The van der Waals surface area contributed by atoms with Crippen molar-refractivity contribution in [1.29, 1.82) is 0 Å². The van der Waals surface area contributed by atoms with Crippen molar-refractivity contribution >= 4 is 22.9 Å². The van der Waals surface area contributed by atoms with E-state index in [0.29, 0.717) is 5.02 Å². The van der Waals surface area contributed by atoms with Crippen molar-refractivity contribution in [3.05, 3.63) is 57.0 Å². The minimum absolute atomic E-state index is 0.288. The van der Waals surface area contributed by atoms with E-state index in [9.17, 15) is 4.39 Å². The number of benzene rings is 1. The van der Waals surface area contributed by atoms with Gasteiger partial charge in [-0.1, -0.05) is 17.7 Å². The van der Waals surface area contributed by atoms with E-state index in [1.54, 1.807) is 17.4 Å². The van der Waals surface area contributed by atoms with Gasteiger partial charge in [-0.15, -0.1) is 0 Å². The zero-order chi connectivity index (χ0) is 10.8. The van der Waals surface area contributed by atoms with Crippen LogP contribution in [-0.4, -0.2) is 0 Å². The van der Waals surface area contributed by atoms with Crippen LogP contribution in [0.5, 0.6) is 0 Å². The van der Waals surface area contributed by atoms with Crippen LogP contribution in [0.25, 0.3) is 0 Å². The van der Waals surface area contributed by atoms with Gasteiger partial charge in [-0.2, -0.15) is 11.3 Å². The molecule has 4 heteroatoms. The lowest BCUT2D eigenvalue weighted by atomic mass is 10.0. The SMILES string of the molecule is NC(c1ccsc1)c1ccc(F)cc1Cl. The van der Waals surface area contributed by atoms with Gasteiger partial charge in [0.15, 0.2) is 0 Å². The molecule has 0 aliphatic heterocycles. The number of hydrogen-bond donors (Lipinski definition) is 1. The average Bonchev–Trinajstić information content (AvgIpc) is 2.69. The molecule has 2 N–H and O–H groups in total. The van der Waals surface area contributed by atoms with E-state index in [1.165, 1.54) is 12.1 Å². The van der Waals surface area contributed by atoms with Gasteiger partial charge in [0.25, 0.3) is 0 Å². The molecule has 1 aromatic heterocycles. The van der Waals surface area contributed by atoms with E-state index in [1.807, 2.05) is 16.8 Å². The van der Waals surface area contributed by atoms with E-state index in [0.717, 1.165) is 11.1 Å². The summed E-state index contributed by atoms with van der Waals surface area (Å²) in [6.45, 7) is 0.